The van der Waals surface area contributed by atoms with Crippen molar-refractivity contribution in [3.05, 3.63) is 11.9 Å². The first-order valence-corrected chi connectivity index (χ1v) is 5.66. The van der Waals surface area contributed by atoms with Gasteiger partial charge in [-0.25, -0.2) is 9.48 Å². The van der Waals surface area contributed by atoms with Crippen LogP contribution in [0.1, 0.15) is 35.8 Å². The number of ether oxygens (including phenoxy) is 1. The summed E-state index contributed by atoms with van der Waals surface area (Å²) in [6, 6.07) is 0.331. The van der Waals surface area contributed by atoms with Crippen molar-refractivity contribution in [2.75, 3.05) is 13.1 Å². The molecule has 1 aromatic rings. The Morgan fingerprint density at radius 1 is 1.50 bits per heavy atom. The van der Waals surface area contributed by atoms with Crippen LogP contribution in [0.3, 0.4) is 0 Å². The summed E-state index contributed by atoms with van der Waals surface area (Å²) in [4.78, 5) is 11.6. The number of hydrogen-bond donors (Lipinski definition) is 1. The Hall–Kier alpha value is -1.43. The van der Waals surface area contributed by atoms with Crippen LogP contribution < -0.4 is 5.32 Å². The van der Waals surface area contributed by atoms with E-state index in [1.165, 1.54) is 0 Å². The third-order valence-electron chi connectivity index (χ3n) is 3.18. The number of rotatable bonds is 3. The molecule has 86 valence electrons. The Kier molecular flexibility index (Phi) is 2.36. The Balaban J connectivity index is 1.63. The normalized spacial score (nSPS) is 21.2. The van der Waals surface area contributed by atoms with E-state index < -0.39 is 0 Å². The fraction of sp³-hybridized carbons (Fsp3) is 0.700. The van der Waals surface area contributed by atoms with E-state index in [4.69, 9.17) is 4.74 Å². The molecule has 0 amide bonds. The highest BCUT2D eigenvalue weighted by Gasteiger charge is 2.25. The van der Waals surface area contributed by atoms with Crippen LogP contribution in [0.5, 0.6) is 0 Å². The van der Waals surface area contributed by atoms with Crippen molar-refractivity contribution in [3.63, 3.8) is 0 Å². The van der Waals surface area contributed by atoms with Gasteiger partial charge in [0.2, 0.25) is 0 Å². The van der Waals surface area contributed by atoms with Crippen molar-refractivity contribution in [2.45, 2.75) is 31.4 Å². The van der Waals surface area contributed by atoms with Crippen molar-refractivity contribution >= 4 is 5.97 Å². The molecule has 1 saturated carbocycles. The second-order valence-corrected chi connectivity index (χ2v) is 4.35. The topological polar surface area (TPSA) is 69.0 Å². The first kappa shape index (κ1) is 9.77. The summed E-state index contributed by atoms with van der Waals surface area (Å²) in [5, 5.41) is 10.9. The first-order chi connectivity index (χ1) is 7.83. The number of nitrogens with one attached hydrogen (secondary N) is 1. The summed E-state index contributed by atoms with van der Waals surface area (Å²) in [5.41, 5.74) is 0.318. The number of carbonyl (C=O) groups is 1. The quantitative estimate of drug-likeness (QED) is 0.736. The SMILES string of the molecule is O=C(OC1CCC1)c1cn(C2CNC2)nn1. The lowest BCUT2D eigenvalue weighted by molar-refractivity contribution is 0.00835. The predicted octanol–water partition coefficient (Wildman–Crippen LogP) is 0.132. The molecule has 2 aliphatic rings. The molecule has 3 rings (SSSR count). The van der Waals surface area contributed by atoms with Gasteiger partial charge in [0.15, 0.2) is 5.69 Å². The molecule has 16 heavy (non-hydrogen) atoms. The second-order valence-electron chi connectivity index (χ2n) is 4.35. The van der Waals surface area contributed by atoms with Gasteiger partial charge in [-0.2, -0.15) is 0 Å². The summed E-state index contributed by atoms with van der Waals surface area (Å²) in [6.07, 6.45) is 4.88. The van der Waals surface area contributed by atoms with Gasteiger partial charge < -0.3 is 10.1 Å². The van der Waals surface area contributed by atoms with Crippen LogP contribution in [-0.4, -0.2) is 40.2 Å². The number of aromatic nitrogens is 3. The maximum atomic E-state index is 11.6. The number of nitrogens with zero attached hydrogens (tertiary/aromatic N) is 3. The molecule has 0 bridgehead atoms. The molecule has 1 saturated heterocycles. The smallest absolute Gasteiger partial charge is 0.360 e. The molecule has 1 N–H and O–H groups in total. The van der Waals surface area contributed by atoms with Gasteiger partial charge in [-0.3, -0.25) is 0 Å². The standard InChI is InChI=1S/C10H14N4O2/c15-10(16-8-2-1-3-8)9-6-14(13-12-9)7-4-11-5-7/h6-8,11H,1-5H2. The molecule has 0 spiro atoms. The number of hydrogen-bond acceptors (Lipinski definition) is 5. The van der Waals surface area contributed by atoms with Crippen LogP contribution >= 0.6 is 0 Å². The van der Waals surface area contributed by atoms with Crippen LogP contribution in [0, 0.1) is 0 Å². The molecule has 0 radical (unpaired) electrons. The lowest BCUT2D eigenvalue weighted by atomic mass is 9.96. The van der Waals surface area contributed by atoms with E-state index in [0.717, 1.165) is 32.4 Å². The highest BCUT2D eigenvalue weighted by molar-refractivity contribution is 5.86. The average Bonchev–Trinajstić information content (AvgIpc) is 2.57. The molecule has 1 aliphatic carbocycles. The average molecular weight is 222 g/mol. The molecule has 2 fully saturated rings. The summed E-state index contributed by atoms with van der Waals surface area (Å²) in [6.45, 7) is 1.78. The van der Waals surface area contributed by atoms with Crippen molar-refractivity contribution < 1.29 is 9.53 Å². The maximum absolute atomic E-state index is 11.6. The summed E-state index contributed by atoms with van der Waals surface area (Å²) >= 11 is 0. The van der Waals surface area contributed by atoms with Crippen molar-refractivity contribution in [1.29, 1.82) is 0 Å². The molecular formula is C10H14N4O2. The third-order valence-corrected chi connectivity index (χ3v) is 3.18. The van der Waals surface area contributed by atoms with Crippen molar-refractivity contribution in [3.8, 4) is 0 Å². The van der Waals surface area contributed by atoms with Crippen molar-refractivity contribution in [1.82, 2.24) is 20.3 Å². The molecule has 0 unspecified atom stereocenters. The largest absolute Gasteiger partial charge is 0.458 e. The fourth-order valence-corrected chi connectivity index (χ4v) is 1.71. The Morgan fingerprint density at radius 3 is 2.88 bits per heavy atom. The minimum absolute atomic E-state index is 0.100. The van der Waals surface area contributed by atoms with Gasteiger partial charge in [0.25, 0.3) is 0 Å². The molecule has 2 heterocycles. The van der Waals surface area contributed by atoms with E-state index in [0.29, 0.717) is 11.7 Å². The zero-order chi connectivity index (χ0) is 11.0. The monoisotopic (exact) mass is 222 g/mol. The highest BCUT2D eigenvalue weighted by Crippen LogP contribution is 2.22. The van der Waals surface area contributed by atoms with Gasteiger partial charge in [-0.1, -0.05) is 5.21 Å². The Bertz CT molecular complexity index is 395. The van der Waals surface area contributed by atoms with E-state index in [1.54, 1.807) is 10.9 Å². The van der Waals surface area contributed by atoms with E-state index in [9.17, 15) is 4.79 Å². The van der Waals surface area contributed by atoms with E-state index in [-0.39, 0.29) is 12.1 Å². The molecule has 0 atom stereocenters. The highest BCUT2D eigenvalue weighted by atomic mass is 16.5. The minimum Gasteiger partial charge on any atom is -0.458 e. The summed E-state index contributed by atoms with van der Waals surface area (Å²) in [7, 11) is 0. The Morgan fingerprint density at radius 2 is 2.31 bits per heavy atom. The lowest BCUT2D eigenvalue weighted by Gasteiger charge is -2.26. The van der Waals surface area contributed by atoms with Gasteiger partial charge in [0.1, 0.15) is 6.10 Å². The molecule has 6 nitrogen and oxygen atoms in total. The summed E-state index contributed by atoms with van der Waals surface area (Å²) in [5.74, 6) is -0.344. The Labute approximate surface area is 93.0 Å². The van der Waals surface area contributed by atoms with Crippen LogP contribution in [0.2, 0.25) is 0 Å². The summed E-state index contributed by atoms with van der Waals surface area (Å²) < 4.78 is 6.98. The molecule has 6 heteroatoms. The van der Waals surface area contributed by atoms with Gasteiger partial charge in [0.05, 0.1) is 12.2 Å². The fourth-order valence-electron chi connectivity index (χ4n) is 1.71. The second kappa shape index (κ2) is 3.86. The molecule has 1 aliphatic heterocycles. The van der Waals surface area contributed by atoms with Gasteiger partial charge in [-0.15, -0.1) is 5.10 Å². The van der Waals surface area contributed by atoms with Crippen LogP contribution in [0.25, 0.3) is 0 Å². The van der Waals surface area contributed by atoms with Gasteiger partial charge in [0, 0.05) is 13.1 Å². The van der Waals surface area contributed by atoms with Crippen LogP contribution in [-0.2, 0) is 4.74 Å². The van der Waals surface area contributed by atoms with Crippen molar-refractivity contribution in [2.24, 2.45) is 0 Å². The minimum atomic E-state index is -0.344. The van der Waals surface area contributed by atoms with Crippen LogP contribution in [0.4, 0.5) is 0 Å². The number of esters is 1. The third kappa shape index (κ3) is 1.69. The predicted molar refractivity (Wildman–Crippen MR) is 55.0 cm³/mol. The van der Waals surface area contributed by atoms with E-state index in [2.05, 4.69) is 15.6 Å². The van der Waals surface area contributed by atoms with E-state index in [1.807, 2.05) is 0 Å². The van der Waals surface area contributed by atoms with Crippen LogP contribution in [0.15, 0.2) is 6.20 Å². The molecule has 0 aromatic carbocycles. The maximum Gasteiger partial charge on any atom is 0.360 e. The zero-order valence-electron chi connectivity index (χ0n) is 8.93. The van der Waals surface area contributed by atoms with E-state index >= 15 is 0 Å². The number of carbonyl (C=O) groups excluding carboxylic acids is 1. The molecular weight excluding hydrogens is 208 g/mol. The van der Waals surface area contributed by atoms with Gasteiger partial charge >= 0.3 is 5.97 Å². The van der Waals surface area contributed by atoms with Gasteiger partial charge in [-0.05, 0) is 19.3 Å². The first-order valence-electron chi connectivity index (χ1n) is 5.66. The molecule has 1 aromatic heterocycles. The zero-order valence-corrected chi connectivity index (χ0v) is 8.93. The lowest BCUT2D eigenvalue weighted by Crippen LogP contribution is -2.43.